The van der Waals surface area contributed by atoms with Crippen LogP contribution in [0.15, 0.2) is 51.8 Å². The summed E-state index contributed by atoms with van der Waals surface area (Å²) < 4.78 is 28.4. The number of anilines is 1. The largest absolute Gasteiger partial charge is 0.378 e. The number of sulfonamides is 1. The minimum atomic E-state index is -3.73. The molecule has 158 valence electrons. The monoisotopic (exact) mass is 481 g/mol. The molecule has 0 unspecified atom stereocenters. The van der Waals surface area contributed by atoms with E-state index in [1.54, 1.807) is 38.8 Å². The standard InChI is InChI=1S/C21H28BrN3O3S/c1-21(2,3)23-29(27,28)17-11-12-19(22)18(13-17)20(26)25(6)14-15-7-9-16(10-8-15)24(4)5/h7-13,23H,14H2,1-6H3. The number of carbonyl (C=O) groups is 1. The fraction of sp³-hybridized carbons (Fsp3) is 0.381. The number of hydrogen-bond donors (Lipinski definition) is 1. The zero-order valence-electron chi connectivity index (χ0n) is 17.7. The lowest BCUT2D eigenvalue weighted by atomic mass is 10.1. The summed E-state index contributed by atoms with van der Waals surface area (Å²) in [4.78, 5) is 16.6. The van der Waals surface area contributed by atoms with Gasteiger partial charge in [0.2, 0.25) is 10.0 Å². The molecule has 1 amide bonds. The van der Waals surface area contributed by atoms with Gasteiger partial charge in [-0.05, 0) is 72.6 Å². The van der Waals surface area contributed by atoms with Gasteiger partial charge in [-0.3, -0.25) is 4.79 Å². The smallest absolute Gasteiger partial charge is 0.255 e. The molecule has 1 N–H and O–H groups in total. The Kier molecular flexibility index (Phi) is 7.14. The fourth-order valence-corrected chi connectivity index (χ4v) is 4.61. The molecular weight excluding hydrogens is 454 g/mol. The van der Waals surface area contributed by atoms with E-state index in [9.17, 15) is 13.2 Å². The fourth-order valence-electron chi connectivity index (χ4n) is 2.75. The second kappa shape index (κ2) is 8.85. The lowest BCUT2D eigenvalue weighted by Gasteiger charge is -2.22. The summed E-state index contributed by atoms with van der Waals surface area (Å²) in [5, 5.41) is 0. The summed E-state index contributed by atoms with van der Waals surface area (Å²) in [6, 6.07) is 12.4. The van der Waals surface area contributed by atoms with Crippen LogP contribution in [-0.2, 0) is 16.6 Å². The summed E-state index contributed by atoms with van der Waals surface area (Å²) in [7, 11) is 1.90. The maximum Gasteiger partial charge on any atom is 0.255 e. The Bertz CT molecular complexity index is 981. The molecule has 2 aromatic rings. The number of rotatable bonds is 6. The summed E-state index contributed by atoms with van der Waals surface area (Å²) in [5.41, 5.74) is 1.75. The van der Waals surface area contributed by atoms with Gasteiger partial charge in [-0.2, -0.15) is 0 Å². The minimum absolute atomic E-state index is 0.0581. The second-order valence-corrected chi connectivity index (χ2v) is 10.8. The van der Waals surface area contributed by atoms with Crippen molar-refractivity contribution in [1.82, 2.24) is 9.62 Å². The van der Waals surface area contributed by atoms with Crippen LogP contribution in [0.25, 0.3) is 0 Å². The van der Waals surface area contributed by atoms with Gasteiger partial charge in [-0.15, -0.1) is 0 Å². The third kappa shape index (κ3) is 6.29. The van der Waals surface area contributed by atoms with Crippen LogP contribution in [0.5, 0.6) is 0 Å². The van der Waals surface area contributed by atoms with Crippen LogP contribution in [-0.4, -0.2) is 45.9 Å². The third-order valence-electron chi connectivity index (χ3n) is 4.14. The van der Waals surface area contributed by atoms with Crippen LogP contribution in [0, 0.1) is 0 Å². The van der Waals surface area contributed by atoms with Crippen molar-refractivity contribution in [1.29, 1.82) is 0 Å². The molecule has 6 nitrogen and oxygen atoms in total. The number of halogens is 1. The van der Waals surface area contributed by atoms with Crippen molar-refractivity contribution in [2.45, 2.75) is 37.8 Å². The molecule has 2 rings (SSSR count). The maximum absolute atomic E-state index is 13.0. The topological polar surface area (TPSA) is 69.7 Å². The van der Waals surface area contributed by atoms with E-state index in [1.807, 2.05) is 43.3 Å². The first-order chi connectivity index (χ1) is 13.3. The van der Waals surface area contributed by atoms with Crippen LogP contribution in [0.4, 0.5) is 5.69 Å². The van der Waals surface area contributed by atoms with Crippen LogP contribution < -0.4 is 9.62 Å². The summed E-state index contributed by atoms with van der Waals surface area (Å²) >= 11 is 3.37. The first-order valence-electron chi connectivity index (χ1n) is 9.15. The SMILES string of the molecule is CN(Cc1ccc(N(C)C)cc1)C(=O)c1cc(S(=O)(=O)NC(C)(C)C)ccc1Br. The molecule has 0 aliphatic heterocycles. The van der Waals surface area contributed by atoms with Gasteiger partial charge in [0.1, 0.15) is 0 Å². The van der Waals surface area contributed by atoms with Gasteiger partial charge >= 0.3 is 0 Å². The van der Waals surface area contributed by atoms with Crippen LogP contribution in [0.2, 0.25) is 0 Å². The highest BCUT2D eigenvalue weighted by Gasteiger charge is 2.24. The Hall–Kier alpha value is -1.90. The van der Waals surface area contributed by atoms with Crippen molar-refractivity contribution in [3.63, 3.8) is 0 Å². The van der Waals surface area contributed by atoms with Gasteiger partial charge in [0.25, 0.3) is 5.91 Å². The molecule has 0 aliphatic carbocycles. The molecule has 0 aromatic heterocycles. The molecule has 0 saturated carbocycles. The highest BCUT2D eigenvalue weighted by molar-refractivity contribution is 9.10. The molecular formula is C21H28BrN3O3S. The number of hydrogen-bond acceptors (Lipinski definition) is 4. The lowest BCUT2D eigenvalue weighted by Crippen LogP contribution is -2.40. The minimum Gasteiger partial charge on any atom is -0.378 e. The van der Waals surface area contributed by atoms with Gasteiger partial charge in [0.15, 0.2) is 0 Å². The number of nitrogens with zero attached hydrogens (tertiary/aromatic N) is 2. The average Bonchev–Trinajstić information content (AvgIpc) is 2.59. The van der Waals surface area contributed by atoms with Crippen molar-refractivity contribution < 1.29 is 13.2 Å². The zero-order chi connectivity index (χ0) is 22.0. The molecule has 0 fully saturated rings. The van der Waals surface area contributed by atoms with Crippen molar-refractivity contribution in [2.75, 3.05) is 26.0 Å². The molecule has 2 aromatic carbocycles. The Balaban J connectivity index is 2.25. The van der Waals surface area contributed by atoms with Gasteiger partial charge in [0, 0.05) is 43.4 Å². The number of nitrogens with one attached hydrogen (secondary N) is 1. The van der Waals surface area contributed by atoms with Crippen molar-refractivity contribution in [3.05, 3.63) is 58.1 Å². The van der Waals surface area contributed by atoms with E-state index in [0.29, 0.717) is 16.6 Å². The number of benzene rings is 2. The second-order valence-electron chi connectivity index (χ2n) is 8.22. The average molecular weight is 482 g/mol. The highest BCUT2D eigenvalue weighted by Crippen LogP contribution is 2.24. The Labute approximate surface area is 182 Å². The molecule has 0 atom stereocenters. The van der Waals surface area contributed by atoms with Crippen LogP contribution in [0.3, 0.4) is 0 Å². The first kappa shape index (κ1) is 23.4. The van der Waals surface area contributed by atoms with Crippen molar-refractivity contribution in [2.24, 2.45) is 0 Å². The molecule has 0 saturated heterocycles. The van der Waals surface area contributed by atoms with Crippen molar-refractivity contribution in [3.8, 4) is 0 Å². The highest BCUT2D eigenvalue weighted by atomic mass is 79.9. The van der Waals surface area contributed by atoms with E-state index < -0.39 is 15.6 Å². The van der Waals surface area contributed by atoms with Gasteiger partial charge in [-0.25, -0.2) is 13.1 Å². The van der Waals surface area contributed by atoms with Crippen molar-refractivity contribution >= 4 is 37.5 Å². The normalized spacial score (nSPS) is 12.0. The number of amides is 1. The molecule has 0 radical (unpaired) electrons. The summed E-state index contributed by atoms with van der Waals surface area (Å²) in [6.07, 6.45) is 0. The van der Waals surface area contributed by atoms with Gasteiger partial charge in [-0.1, -0.05) is 12.1 Å². The predicted octanol–water partition coefficient (Wildman–Crippen LogP) is 3.86. The molecule has 0 aliphatic rings. The van der Waals surface area contributed by atoms with E-state index in [2.05, 4.69) is 20.7 Å². The maximum atomic E-state index is 13.0. The molecule has 29 heavy (non-hydrogen) atoms. The number of carbonyl (C=O) groups excluding carboxylic acids is 1. The Morgan fingerprint density at radius 2 is 1.62 bits per heavy atom. The van der Waals surface area contributed by atoms with E-state index in [4.69, 9.17) is 0 Å². The zero-order valence-corrected chi connectivity index (χ0v) is 20.1. The lowest BCUT2D eigenvalue weighted by molar-refractivity contribution is 0.0784. The van der Waals surface area contributed by atoms with Gasteiger partial charge in [0.05, 0.1) is 10.5 Å². The Morgan fingerprint density at radius 1 is 1.03 bits per heavy atom. The molecule has 0 bridgehead atoms. The van der Waals surface area contributed by atoms with E-state index >= 15 is 0 Å². The van der Waals surface area contributed by atoms with Crippen LogP contribution in [0.1, 0.15) is 36.7 Å². The third-order valence-corrected chi connectivity index (χ3v) is 6.59. The summed E-state index contributed by atoms with van der Waals surface area (Å²) in [6.45, 7) is 5.72. The summed E-state index contributed by atoms with van der Waals surface area (Å²) in [5.74, 6) is -0.263. The molecule has 0 spiro atoms. The first-order valence-corrected chi connectivity index (χ1v) is 11.4. The Morgan fingerprint density at radius 3 is 2.14 bits per heavy atom. The predicted molar refractivity (Wildman–Crippen MR) is 121 cm³/mol. The quantitative estimate of drug-likeness (QED) is 0.679. The van der Waals surface area contributed by atoms with E-state index in [-0.39, 0.29) is 10.8 Å². The van der Waals surface area contributed by atoms with E-state index in [1.165, 1.54) is 12.1 Å². The van der Waals surface area contributed by atoms with E-state index in [0.717, 1.165) is 11.3 Å². The molecule has 0 heterocycles. The van der Waals surface area contributed by atoms with Gasteiger partial charge < -0.3 is 9.80 Å². The molecule has 8 heteroatoms. The van der Waals surface area contributed by atoms with Crippen LogP contribution >= 0.6 is 15.9 Å².